The number of rotatable bonds is 4. The van der Waals surface area contributed by atoms with E-state index in [9.17, 15) is 10.2 Å². The highest BCUT2D eigenvalue weighted by Crippen LogP contribution is 2.32. The fourth-order valence-electron chi connectivity index (χ4n) is 1.82. The summed E-state index contributed by atoms with van der Waals surface area (Å²) in [6.07, 6.45) is 0.312. The van der Waals surface area contributed by atoms with E-state index < -0.39 is 11.7 Å². The molecule has 0 saturated heterocycles. The fraction of sp³-hybridized carbons (Fsp3) is 0.538. The minimum Gasteiger partial charge on any atom is -0.387 e. The lowest BCUT2D eigenvalue weighted by Gasteiger charge is -2.32. The molecule has 0 radical (unpaired) electrons. The van der Waals surface area contributed by atoms with E-state index in [1.54, 1.807) is 0 Å². The summed E-state index contributed by atoms with van der Waals surface area (Å²) in [5, 5.41) is 20.4. The van der Waals surface area contributed by atoms with Crippen molar-refractivity contribution in [2.45, 2.75) is 45.3 Å². The lowest BCUT2D eigenvalue weighted by Crippen LogP contribution is -2.35. The first kappa shape index (κ1) is 12.2. The van der Waals surface area contributed by atoms with Crippen molar-refractivity contribution in [2.24, 2.45) is 0 Å². The van der Waals surface area contributed by atoms with Gasteiger partial charge in [-0.15, -0.1) is 0 Å². The first-order valence-corrected chi connectivity index (χ1v) is 5.51. The molecule has 1 unspecified atom stereocenters. The molecule has 0 amide bonds. The zero-order valence-corrected chi connectivity index (χ0v) is 9.70. The van der Waals surface area contributed by atoms with Crippen LogP contribution in [0.1, 0.15) is 43.9 Å². The van der Waals surface area contributed by atoms with Crippen molar-refractivity contribution in [1.29, 1.82) is 0 Å². The summed E-state index contributed by atoms with van der Waals surface area (Å²) in [6, 6.07) is 7.64. The van der Waals surface area contributed by atoms with Crippen molar-refractivity contribution in [1.82, 2.24) is 0 Å². The van der Waals surface area contributed by atoms with E-state index in [0.29, 0.717) is 12.8 Å². The average molecular weight is 208 g/mol. The van der Waals surface area contributed by atoms with E-state index in [4.69, 9.17) is 0 Å². The molecule has 2 N–H and O–H groups in total. The smallest absolute Gasteiger partial charge is 0.108 e. The molecule has 0 spiro atoms. The fourth-order valence-corrected chi connectivity index (χ4v) is 1.82. The second-order valence-electron chi connectivity index (χ2n) is 4.07. The van der Waals surface area contributed by atoms with Crippen LogP contribution >= 0.6 is 0 Å². The van der Waals surface area contributed by atoms with Crippen molar-refractivity contribution in [3.63, 3.8) is 0 Å². The van der Waals surface area contributed by atoms with E-state index in [1.807, 2.05) is 45.0 Å². The quantitative estimate of drug-likeness (QED) is 0.798. The van der Waals surface area contributed by atoms with Crippen LogP contribution in [0.25, 0.3) is 0 Å². The van der Waals surface area contributed by atoms with Crippen LogP contribution in [0.15, 0.2) is 24.3 Å². The Bertz CT molecular complexity index is 316. The summed E-state index contributed by atoms with van der Waals surface area (Å²) in [4.78, 5) is 0. The van der Waals surface area contributed by atoms with Crippen molar-refractivity contribution in [2.75, 3.05) is 0 Å². The largest absolute Gasteiger partial charge is 0.387 e. The van der Waals surface area contributed by atoms with Gasteiger partial charge < -0.3 is 10.2 Å². The Balaban J connectivity index is 3.03. The monoisotopic (exact) mass is 208 g/mol. The maximum atomic E-state index is 10.2. The molecular weight excluding hydrogens is 188 g/mol. The Morgan fingerprint density at radius 2 is 1.73 bits per heavy atom. The molecule has 0 aliphatic heterocycles. The first-order chi connectivity index (χ1) is 7.05. The molecule has 1 atom stereocenters. The maximum absolute atomic E-state index is 10.2. The number of aliphatic hydroxyl groups is 2. The molecule has 0 aromatic heterocycles. The molecule has 84 valence electrons. The summed E-state index contributed by atoms with van der Waals surface area (Å²) >= 11 is 0. The molecular formula is C13H20O2. The second kappa shape index (κ2) is 4.77. The summed E-state index contributed by atoms with van der Waals surface area (Å²) < 4.78 is 0. The zero-order chi connectivity index (χ0) is 11.5. The number of hydrogen-bond donors (Lipinski definition) is 2. The van der Waals surface area contributed by atoms with Crippen LogP contribution in [0, 0.1) is 6.92 Å². The Hall–Kier alpha value is -0.860. The molecule has 1 rings (SSSR count). The Morgan fingerprint density at radius 3 is 2.20 bits per heavy atom. The van der Waals surface area contributed by atoms with Crippen LogP contribution in [0.4, 0.5) is 0 Å². The number of benzene rings is 1. The number of hydrogen-bond acceptors (Lipinski definition) is 2. The normalized spacial score (nSPS) is 13.9. The third-order valence-corrected chi connectivity index (χ3v) is 3.22. The van der Waals surface area contributed by atoms with Crippen molar-refractivity contribution in [3.8, 4) is 0 Å². The first-order valence-electron chi connectivity index (χ1n) is 5.51. The van der Waals surface area contributed by atoms with Gasteiger partial charge >= 0.3 is 0 Å². The highest BCUT2D eigenvalue weighted by atomic mass is 16.3. The molecule has 1 aromatic carbocycles. The summed E-state index contributed by atoms with van der Waals surface area (Å²) in [5.41, 5.74) is 0.834. The minimum absolute atomic E-state index is 0.555. The topological polar surface area (TPSA) is 40.5 Å². The van der Waals surface area contributed by atoms with E-state index >= 15 is 0 Å². The SMILES string of the molecule is CCC(O)(CC)C(O)c1ccccc1C. The molecule has 15 heavy (non-hydrogen) atoms. The van der Waals surface area contributed by atoms with E-state index in [2.05, 4.69) is 0 Å². The number of aliphatic hydroxyl groups excluding tert-OH is 1. The second-order valence-corrected chi connectivity index (χ2v) is 4.07. The van der Waals surface area contributed by atoms with Gasteiger partial charge in [-0.05, 0) is 30.9 Å². The van der Waals surface area contributed by atoms with Gasteiger partial charge in [0.25, 0.3) is 0 Å². The van der Waals surface area contributed by atoms with Crippen LogP contribution in [-0.2, 0) is 0 Å². The average Bonchev–Trinajstić information content (AvgIpc) is 2.28. The maximum Gasteiger partial charge on any atom is 0.108 e. The summed E-state index contributed by atoms with van der Waals surface area (Å²) in [5.74, 6) is 0. The van der Waals surface area contributed by atoms with Gasteiger partial charge in [0.05, 0.1) is 5.60 Å². The molecule has 0 fully saturated rings. The van der Waals surface area contributed by atoms with Gasteiger partial charge in [0.1, 0.15) is 6.10 Å². The minimum atomic E-state index is -1.01. The summed E-state index contributed by atoms with van der Waals surface area (Å²) in [7, 11) is 0. The third kappa shape index (κ3) is 2.39. The molecule has 0 heterocycles. The predicted octanol–water partition coefficient (Wildman–Crippen LogP) is 2.58. The predicted molar refractivity (Wildman–Crippen MR) is 61.7 cm³/mol. The Labute approximate surface area is 91.6 Å². The lowest BCUT2D eigenvalue weighted by atomic mass is 9.85. The van der Waals surface area contributed by atoms with Gasteiger partial charge in [0.2, 0.25) is 0 Å². The molecule has 0 bridgehead atoms. The van der Waals surface area contributed by atoms with Gasteiger partial charge in [0.15, 0.2) is 0 Å². The third-order valence-electron chi connectivity index (χ3n) is 3.22. The lowest BCUT2D eigenvalue weighted by molar-refractivity contribution is -0.0823. The summed E-state index contributed by atoms with van der Waals surface area (Å²) in [6.45, 7) is 5.74. The molecule has 0 aliphatic rings. The van der Waals surface area contributed by atoms with Gasteiger partial charge in [-0.1, -0.05) is 38.1 Å². The van der Waals surface area contributed by atoms with Crippen LogP contribution < -0.4 is 0 Å². The van der Waals surface area contributed by atoms with Crippen LogP contribution in [0.3, 0.4) is 0 Å². The molecule has 0 aliphatic carbocycles. The van der Waals surface area contributed by atoms with Crippen molar-refractivity contribution in [3.05, 3.63) is 35.4 Å². The van der Waals surface area contributed by atoms with Gasteiger partial charge in [0, 0.05) is 0 Å². The highest BCUT2D eigenvalue weighted by molar-refractivity contribution is 5.29. The van der Waals surface area contributed by atoms with Crippen molar-refractivity contribution < 1.29 is 10.2 Å². The Morgan fingerprint density at radius 1 is 1.20 bits per heavy atom. The molecule has 1 aromatic rings. The van der Waals surface area contributed by atoms with Crippen LogP contribution in [0.2, 0.25) is 0 Å². The van der Waals surface area contributed by atoms with Gasteiger partial charge in [-0.25, -0.2) is 0 Å². The zero-order valence-electron chi connectivity index (χ0n) is 9.70. The standard InChI is InChI=1S/C13H20O2/c1-4-13(15,5-2)12(14)11-9-7-6-8-10(11)3/h6-9,12,14-15H,4-5H2,1-3H3. The highest BCUT2D eigenvalue weighted by Gasteiger charge is 2.33. The molecule has 0 saturated carbocycles. The van der Waals surface area contributed by atoms with E-state index in [-0.39, 0.29) is 0 Å². The van der Waals surface area contributed by atoms with Crippen molar-refractivity contribution >= 4 is 0 Å². The van der Waals surface area contributed by atoms with Crippen LogP contribution in [-0.4, -0.2) is 15.8 Å². The van der Waals surface area contributed by atoms with Gasteiger partial charge in [-0.2, -0.15) is 0 Å². The van der Waals surface area contributed by atoms with Crippen LogP contribution in [0.5, 0.6) is 0 Å². The van der Waals surface area contributed by atoms with E-state index in [0.717, 1.165) is 11.1 Å². The Kier molecular flexibility index (Phi) is 3.89. The van der Waals surface area contributed by atoms with E-state index in [1.165, 1.54) is 0 Å². The van der Waals surface area contributed by atoms with Gasteiger partial charge in [-0.3, -0.25) is 0 Å². The number of aryl methyl sites for hydroxylation is 1. The molecule has 2 heteroatoms. The molecule has 2 nitrogen and oxygen atoms in total.